The number of rotatable bonds is 4. The van der Waals surface area contributed by atoms with Gasteiger partial charge in [-0.05, 0) is 30.5 Å². The van der Waals surface area contributed by atoms with E-state index in [-0.39, 0.29) is 18.1 Å². The lowest BCUT2D eigenvalue weighted by Crippen LogP contribution is -2.35. The Morgan fingerprint density at radius 2 is 2.05 bits per heavy atom. The molecule has 6 nitrogen and oxygen atoms in total. The SMILES string of the molecule is NCC1CCC(C(=O)NCc2ccc3c(c2)OCCO3)O1. The number of ether oxygens (including phenoxy) is 3. The molecule has 3 N–H and O–H groups in total. The molecule has 114 valence electrons. The van der Waals surface area contributed by atoms with E-state index in [1.807, 2.05) is 18.2 Å². The molecule has 2 unspecified atom stereocenters. The largest absolute Gasteiger partial charge is 0.486 e. The molecule has 6 heteroatoms. The third-order valence-electron chi connectivity index (χ3n) is 3.74. The number of benzene rings is 1. The summed E-state index contributed by atoms with van der Waals surface area (Å²) in [5.41, 5.74) is 6.52. The average Bonchev–Trinajstić information content (AvgIpc) is 3.01. The van der Waals surface area contributed by atoms with E-state index in [9.17, 15) is 4.79 Å². The zero-order valence-corrected chi connectivity index (χ0v) is 11.8. The fourth-order valence-electron chi connectivity index (χ4n) is 2.57. The lowest BCUT2D eigenvalue weighted by molar-refractivity contribution is -0.132. The number of carbonyl (C=O) groups is 1. The predicted octanol–water partition coefficient (Wildman–Crippen LogP) is 0.580. The first-order valence-corrected chi connectivity index (χ1v) is 7.28. The second kappa shape index (κ2) is 6.32. The molecule has 21 heavy (non-hydrogen) atoms. The van der Waals surface area contributed by atoms with E-state index in [1.54, 1.807) is 0 Å². The van der Waals surface area contributed by atoms with Crippen molar-refractivity contribution in [1.82, 2.24) is 5.32 Å². The summed E-state index contributed by atoms with van der Waals surface area (Å²) < 4.78 is 16.6. The summed E-state index contributed by atoms with van der Waals surface area (Å²) in [5, 5.41) is 2.89. The number of carbonyl (C=O) groups excluding carboxylic acids is 1. The lowest BCUT2D eigenvalue weighted by atomic mass is 10.1. The van der Waals surface area contributed by atoms with E-state index >= 15 is 0 Å². The summed E-state index contributed by atoms with van der Waals surface area (Å²) in [5.74, 6) is 1.40. The molecule has 0 saturated carbocycles. The van der Waals surface area contributed by atoms with Gasteiger partial charge < -0.3 is 25.3 Å². The van der Waals surface area contributed by atoms with Gasteiger partial charge in [0.2, 0.25) is 5.91 Å². The standard InChI is InChI=1S/C15H20N2O4/c16-8-11-2-4-13(21-11)15(18)17-9-10-1-3-12-14(7-10)20-6-5-19-12/h1,3,7,11,13H,2,4-6,8-9,16H2,(H,17,18). The van der Waals surface area contributed by atoms with E-state index < -0.39 is 0 Å². The van der Waals surface area contributed by atoms with Crippen LogP contribution in [0.5, 0.6) is 11.5 Å². The Morgan fingerprint density at radius 3 is 2.81 bits per heavy atom. The zero-order valence-electron chi connectivity index (χ0n) is 11.8. The van der Waals surface area contributed by atoms with Crippen molar-refractivity contribution in [2.45, 2.75) is 31.6 Å². The first-order valence-electron chi connectivity index (χ1n) is 7.28. The highest BCUT2D eigenvalue weighted by Crippen LogP contribution is 2.30. The Hall–Kier alpha value is -1.79. The van der Waals surface area contributed by atoms with Gasteiger partial charge in [-0.3, -0.25) is 4.79 Å². The summed E-state index contributed by atoms with van der Waals surface area (Å²) in [6.45, 7) is 2.04. The maximum atomic E-state index is 12.0. The number of nitrogens with two attached hydrogens (primary N) is 1. The van der Waals surface area contributed by atoms with E-state index in [1.165, 1.54) is 0 Å². The second-order valence-electron chi connectivity index (χ2n) is 5.26. The molecule has 0 spiro atoms. The van der Waals surface area contributed by atoms with Gasteiger partial charge in [0.15, 0.2) is 11.5 Å². The molecule has 0 bridgehead atoms. The molecular formula is C15H20N2O4. The molecule has 0 aliphatic carbocycles. The van der Waals surface area contributed by atoms with Crippen LogP contribution in [-0.2, 0) is 16.1 Å². The highest BCUT2D eigenvalue weighted by molar-refractivity contribution is 5.81. The summed E-state index contributed by atoms with van der Waals surface area (Å²) >= 11 is 0. The van der Waals surface area contributed by atoms with Gasteiger partial charge in [0, 0.05) is 13.1 Å². The van der Waals surface area contributed by atoms with E-state index in [4.69, 9.17) is 19.9 Å². The minimum atomic E-state index is -0.379. The molecule has 2 aliphatic heterocycles. The minimum absolute atomic E-state index is 0.00930. The van der Waals surface area contributed by atoms with Gasteiger partial charge >= 0.3 is 0 Å². The van der Waals surface area contributed by atoms with Gasteiger partial charge in [-0.1, -0.05) is 6.07 Å². The smallest absolute Gasteiger partial charge is 0.249 e. The molecule has 1 aromatic carbocycles. The van der Waals surface area contributed by atoms with E-state index in [0.717, 1.165) is 29.9 Å². The fourth-order valence-corrected chi connectivity index (χ4v) is 2.57. The van der Waals surface area contributed by atoms with Crippen molar-refractivity contribution >= 4 is 5.91 Å². The number of nitrogens with one attached hydrogen (secondary N) is 1. The van der Waals surface area contributed by atoms with Crippen molar-refractivity contribution in [2.75, 3.05) is 19.8 Å². The molecule has 3 rings (SSSR count). The van der Waals surface area contributed by atoms with Crippen LogP contribution in [0.15, 0.2) is 18.2 Å². The molecule has 0 aromatic heterocycles. The monoisotopic (exact) mass is 292 g/mol. The summed E-state index contributed by atoms with van der Waals surface area (Å²) in [7, 11) is 0. The first-order chi connectivity index (χ1) is 10.3. The van der Waals surface area contributed by atoms with Gasteiger partial charge in [0.05, 0.1) is 6.10 Å². The Bertz CT molecular complexity index is 520. The van der Waals surface area contributed by atoms with Gasteiger partial charge in [0.1, 0.15) is 19.3 Å². The van der Waals surface area contributed by atoms with Crippen LogP contribution in [0.3, 0.4) is 0 Å². The van der Waals surface area contributed by atoms with E-state index in [0.29, 0.717) is 26.3 Å². The Balaban J connectivity index is 1.54. The second-order valence-corrected chi connectivity index (χ2v) is 5.26. The summed E-state index contributed by atoms with van der Waals surface area (Å²) in [4.78, 5) is 12.0. The highest BCUT2D eigenvalue weighted by Gasteiger charge is 2.29. The van der Waals surface area contributed by atoms with Crippen molar-refractivity contribution in [3.8, 4) is 11.5 Å². The van der Waals surface area contributed by atoms with Crippen molar-refractivity contribution in [1.29, 1.82) is 0 Å². The van der Waals surface area contributed by atoms with Crippen LogP contribution >= 0.6 is 0 Å². The van der Waals surface area contributed by atoms with Crippen molar-refractivity contribution in [3.05, 3.63) is 23.8 Å². The predicted molar refractivity (Wildman–Crippen MR) is 76.2 cm³/mol. The molecule has 2 atom stereocenters. The van der Waals surface area contributed by atoms with Crippen LogP contribution in [-0.4, -0.2) is 37.9 Å². The Morgan fingerprint density at radius 1 is 1.24 bits per heavy atom. The fraction of sp³-hybridized carbons (Fsp3) is 0.533. The molecule has 1 saturated heterocycles. The molecule has 2 heterocycles. The van der Waals surface area contributed by atoms with Crippen LogP contribution in [0, 0.1) is 0 Å². The molecule has 0 radical (unpaired) electrons. The quantitative estimate of drug-likeness (QED) is 0.848. The molecule has 2 aliphatic rings. The molecule has 1 aromatic rings. The van der Waals surface area contributed by atoms with Crippen molar-refractivity contribution < 1.29 is 19.0 Å². The van der Waals surface area contributed by atoms with Gasteiger partial charge in [-0.25, -0.2) is 0 Å². The Labute approximate surface area is 123 Å². The maximum Gasteiger partial charge on any atom is 0.249 e. The highest BCUT2D eigenvalue weighted by atomic mass is 16.6. The van der Waals surface area contributed by atoms with Gasteiger partial charge in [-0.2, -0.15) is 0 Å². The number of fused-ring (bicyclic) bond motifs is 1. The summed E-state index contributed by atoms with van der Waals surface area (Å²) in [6.07, 6.45) is 1.21. The van der Waals surface area contributed by atoms with Crippen LogP contribution in [0.25, 0.3) is 0 Å². The lowest BCUT2D eigenvalue weighted by Gasteiger charge is -2.19. The maximum absolute atomic E-state index is 12.0. The third-order valence-corrected chi connectivity index (χ3v) is 3.74. The third kappa shape index (κ3) is 3.28. The first kappa shape index (κ1) is 14.2. The zero-order chi connectivity index (χ0) is 14.7. The normalized spacial score (nSPS) is 23.9. The van der Waals surface area contributed by atoms with Crippen molar-refractivity contribution in [3.63, 3.8) is 0 Å². The number of hydrogen-bond donors (Lipinski definition) is 2. The molecule has 1 amide bonds. The van der Waals surface area contributed by atoms with Gasteiger partial charge in [-0.15, -0.1) is 0 Å². The minimum Gasteiger partial charge on any atom is -0.486 e. The van der Waals surface area contributed by atoms with Crippen LogP contribution in [0.1, 0.15) is 18.4 Å². The van der Waals surface area contributed by atoms with Crippen LogP contribution in [0.4, 0.5) is 0 Å². The molecular weight excluding hydrogens is 272 g/mol. The van der Waals surface area contributed by atoms with Crippen molar-refractivity contribution in [2.24, 2.45) is 5.73 Å². The topological polar surface area (TPSA) is 82.8 Å². The van der Waals surface area contributed by atoms with E-state index in [2.05, 4.69) is 5.32 Å². The average molecular weight is 292 g/mol. The van der Waals surface area contributed by atoms with Crippen LogP contribution in [0.2, 0.25) is 0 Å². The molecule has 1 fully saturated rings. The van der Waals surface area contributed by atoms with Gasteiger partial charge in [0.25, 0.3) is 0 Å². The number of amides is 1. The number of hydrogen-bond acceptors (Lipinski definition) is 5. The van der Waals surface area contributed by atoms with Crippen LogP contribution < -0.4 is 20.5 Å². The Kier molecular flexibility index (Phi) is 4.26. The summed E-state index contributed by atoms with van der Waals surface area (Å²) in [6, 6.07) is 5.69.